The summed E-state index contributed by atoms with van der Waals surface area (Å²) in [4.78, 5) is 29.2. The Balaban J connectivity index is 0.00000161. The number of hydrogen-bond acceptors (Lipinski definition) is 5. The first kappa shape index (κ1) is 15.9. The van der Waals surface area contributed by atoms with Gasteiger partial charge in [-0.3, -0.25) is 14.0 Å². The van der Waals surface area contributed by atoms with E-state index in [1.165, 1.54) is 21.9 Å². The molecule has 0 aliphatic carbocycles. The van der Waals surface area contributed by atoms with Crippen LogP contribution in [0.5, 0.6) is 0 Å². The highest BCUT2D eigenvalue weighted by Crippen LogP contribution is 2.11. The average molecular weight is 329 g/mol. The summed E-state index contributed by atoms with van der Waals surface area (Å²) in [6.07, 6.45) is 3.89. The van der Waals surface area contributed by atoms with Gasteiger partial charge in [0.2, 0.25) is 0 Å². The van der Waals surface area contributed by atoms with Gasteiger partial charge in [-0.25, -0.2) is 4.98 Å². The molecule has 0 spiro atoms. The highest BCUT2D eigenvalue weighted by molar-refractivity contribution is 7.15. The molecule has 0 saturated carbocycles. The van der Waals surface area contributed by atoms with Crippen LogP contribution in [0.4, 0.5) is 0 Å². The summed E-state index contributed by atoms with van der Waals surface area (Å²) in [5, 5.41) is 8.01. The Hall–Kier alpha value is -1.44. The van der Waals surface area contributed by atoms with Gasteiger partial charge in [-0.15, -0.1) is 23.7 Å². The average Bonchev–Trinajstić information content (AvgIpc) is 2.91. The monoisotopic (exact) mass is 328 g/mol. The number of carbonyl (C=O) groups excluding carboxylic acids is 1. The zero-order valence-electron chi connectivity index (χ0n) is 11.5. The maximum Gasteiger partial charge on any atom is 0.271 e. The van der Waals surface area contributed by atoms with Crippen LogP contribution in [-0.4, -0.2) is 34.4 Å². The van der Waals surface area contributed by atoms with Crippen LogP contribution >= 0.6 is 23.7 Å². The van der Waals surface area contributed by atoms with Crippen molar-refractivity contribution >= 4 is 34.6 Å². The van der Waals surface area contributed by atoms with E-state index in [2.05, 4.69) is 22.5 Å². The minimum Gasteiger partial charge on any atom is -0.349 e. The third-order valence-corrected chi connectivity index (χ3v) is 4.46. The van der Waals surface area contributed by atoms with E-state index in [0.717, 1.165) is 19.5 Å². The molecule has 3 heterocycles. The highest BCUT2D eigenvalue weighted by atomic mass is 35.5. The Kier molecular flexibility index (Phi) is 4.97. The topological polar surface area (TPSA) is 75.5 Å². The third kappa shape index (κ3) is 3.09. The normalized spacial score (nSPS) is 21.8. The molecule has 6 nitrogen and oxygen atoms in total. The number of hydrogen-bond donors (Lipinski definition) is 2. The number of amides is 1. The van der Waals surface area contributed by atoms with E-state index in [1.54, 1.807) is 11.6 Å². The van der Waals surface area contributed by atoms with E-state index in [0.29, 0.717) is 10.9 Å². The number of fused-ring (bicyclic) bond motifs is 1. The Morgan fingerprint density at radius 2 is 2.38 bits per heavy atom. The molecule has 2 aromatic rings. The summed E-state index contributed by atoms with van der Waals surface area (Å²) in [6.45, 7) is 3.85. The minimum absolute atomic E-state index is 0. The van der Waals surface area contributed by atoms with Crippen LogP contribution in [0.1, 0.15) is 23.7 Å². The third-order valence-electron chi connectivity index (χ3n) is 3.69. The van der Waals surface area contributed by atoms with E-state index in [1.807, 2.05) is 0 Å². The first-order valence-electron chi connectivity index (χ1n) is 6.63. The fourth-order valence-electron chi connectivity index (χ4n) is 2.46. The van der Waals surface area contributed by atoms with Crippen LogP contribution in [0.25, 0.3) is 4.96 Å². The van der Waals surface area contributed by atoms with E-state index in [4.69, 9.17) is 0 Å². The molecule has 2 N–H and O–H groups in total. The molecule has 3 rings (SSSR count). The molecule has 1 aliphatic rings. The minimum atomic E-state index is -0.332. The van der Waals surface area contributed by atoms with Gasteiger partial charge in [-0.2, -0.15) is 0 Å². The lowest BCUT2D eigenvalue weighted by Crippen LogP contribution is -2.49. The molecule has 1 fully saturated rings. The van der Waals surface area contributed by atoms with E-state index in [-0.39, 0.29) is 35.5 Å². The molecule has 1 aliphatic heterocycles. The van der Waals surface area contributed by atoms with Crippen molar-refractivity contribution in [2.45, 2.75) is 19.4 Å². The van der Waals surface area contributed by atoms with Gasteiger partial charge in [0.15, 0.2) is 4.96 Å². The second-order valence-electron chi connectivity index (χ2n) is 5.08. The molecule has 1 amide bonds. The van der Waals surface area contributed by atoms with Gasteiger partial charge >= 0.3 is 0 Å². The van der Waals surface area contributed by atoms with Crippen LogP contribution in [0, 0.1) is 5.92 Å². The number of nitrogens with zero attached hydrogens (tertiary/aromatic N) is 2. The van der Waals surface area contributed by atoms with Crippen molar-refractivity contribution in [3.8, 4) is 0 Å². The van der Waals surface area contributed by atoms with Gasteiger partial charge < -0.3 is 10.6 Å². The Labute approximate surface area is 132 Å². The second-order valence-corrected chi connectivity index (χ2v) is 5.96. The zero-order chi connectivity index (χ0) is 14.1. The fourth-order valence-corrected chi connectivity index (χ4v) is 3.13. The molecule has 2 atom stereocenters. The first-order valence-corrected chi connectivity index (χ1v) is 7.51. The molecular formula is C13H17ClN4O2S. The number of piperidine rings is 1. The van der Waals surface area contributed by atoms with Gasteiger partial charge in [0.25, 0.3) is 11.5 Å². The lowest BCUT2D eigenvalue weighted by molar-refractivity contribution is 0.0912. The predicted molar refractivity (Wildman–Crippen MR) is 84.5 cm³/mol. The molecular weight excluding hydrogens is 312 g/mol. The molecule has 2 unspecified atom stereocenters. The number of thiazole rings is 1. The summed E-state index contributed by atoms with van der Waals surface area (Å²) in [6, 6.07) is 0.103. The van der Waals surface area contributed by atoms with Crippen LogP contribution in [0.15, 0.2) is 22.6 Å². The van der Waals surface area contributed by atoms with Crippen molar-refractivity contribution in [2.75, 3.05) is 13.1 Å². The van der Waals surface area contributed by atoms with Gasteiger partial charge in [0.05, 0.1) is 0 Å². The molecule has 2 aromatic heterocycles. The Morgan fingerprint density at radius 3 is 3.14 bits per heavy atom. The Bertz CT molecular complexity index is 699. The van der Waals surface area contributed by atoms with Crippen molar-refractivity contribution in [1.29, 1.82) is 0 Å². The smallest absolute Gasteiger partial charge is 0.271 e. The van der Waals surface area contributed by atoms with Crippen LogP contribution < -0.4 is 16.2 Å². The lowest BCUT2D eigenvalue weighted by atomic mass is 9.95. The predicted octanol–water partition coefficient (Wildman–Crippen LogP) is 0.906. The summed E-state index contributed by atoms with van der Waals surface area (Å²) in [5.74, 6) is 0.0233. The van der Waals surface area contributed by atoms with Gasteiger partial charge in [0.1, 0.15) is 5.56 Å². The molecule has 0 radical (unpaired) electrons. The summed E-state index contributed by atoms with van der Waals surface area (Å²) in [5.41, 5.74) is -0.207. The number of carbonyl (C=O) groups is 1. The zero-order valence-corrected chi connectivity index (χ0v) is 13.2. The molecule has 8 heteroatoms. The number of nitrogens with one attached hydrogen (secondary N) is 2. The van der Waals surface area contributed by atoms with Crippen molar-refractivity contribution in [1.82, 2.24) is 20.0 Å². The second kappa shape index (κ2) is 6.55. The quantitative estimate of drug-likeness (QED) is 0.859. The molecule has 114 valence electrons. The maximum atomic E-state index is 12.3. The SMILES string of the molecule is CC1CNCCC1NC(=O)c1cnc2sccn2c1=O.Cl. The van der Waals surface area contributed by atoms with Gasteiger partial charge in [0, 0.05) is 23.8 Å². The van der Waals surface area contributed by atoms with E-state index < -0.39 is 0 Å². The maximum absolute atomic E-state index is 12.3. The summed E-state index contributed by atoms with van der Waals surface area (Å²) >= 11 is 1.37. The van der Waals surface area contributed by atoms with Gasteiger partial charge in [-0.05, 0) is 25.4 Å². The summed E-state index contributed by atoms with van der Waals surface area (Å²) < 4.78 is 1.41. The molecule has 1 saturated heterocycles. The number of aromatic nitrogens is 2. The Morgan fingerprint density at radius 1 is 1.57 bits per heavy atom. The number of halogens is 1. The first-order chi connectivity index (χ1) is 9.66. The van der Waals surface area contributed by atoms with Gasteiger partial charge in [-0.1, -0.05) is 6.92 Å². The van der Waals surface area contributed by atoms with E-state index in [9.17, 15) is 9.59 Å². The lowest BCUT2D eigenvalue weighted by Gasteiger charge is -2.30. The van der Waals surface area contributed by atoms with Crippen molar-refractivity contribution in [3.05, 3.63) is 33.7 Å². The van der Waals surface area contributed by atoms with Crippen molar-refractivity contribution in [2.24, 2.45) is 5.92 Å². The van der Waals surface area contributed by atoms with Crippen LogP contribution in [0.2, 0.25) is 0 Å². The molecule has 0 bridgehead atoms. The largest absolute Gasteiger partial charge is 0.349 e. The molecule has 21 heavy (non-hydrogen) atoms. The number of rotatable bonds is 2. The van der Waals surface area contributed by atoms with Crippen LogP contribution in [-0.2, 0) is 0 Å². The van der Waals surface area contributed by atoms with Crippen LogP contribution in [0.3, 0.4) is 0 Å². The van der Waals surface area contributed by atoms with E-state index >= 15 is 0 Å². The summed E-state index contributed by atoms with van der Waals surface area (Å²) in [7, 11) is 0. The standard InChI is InChI=1S/C13H16N4O2S.ClH/c1-8-6-14-3-2-10(8)16-11(18)9-7-15-13-17(12(9)19)4-5-20-13;/h4-5,7-8,10,14H,2-3,6H2,1H3,(H,16,18);1H. The van der Waals surface area contributed by atoms with Crippen molar-refractivity contribution in [3.63, 3.8) is 0 Å². The fraction of sp³-hybridized carbons (Fsp3) is 0.462. The van der Waals surface area contributed by atoms with Crippen molar-refractivity contribution < 1.29 is 4.79 Å². The highest BCUT2D eigenvalue weighted by Gasteiger charge is 2.24. The molecule has 0 aromatic carbocycles.